The zero-order chi connectivity index (χ0) is 39.6. The first-order chi connectivity index (χ1) is 29.7. The number of nitrogens with zero attached hydrogens (tertiary/aromatic N) is 4. The fraction of sp³-hybridized carbons (Fsp3) is 0. The number of hydrogen-bond acceptors (Lipinski definition) is 3. The largest absolute Gasteiger partial charge is 0.455 e. The maximum absolute atomic E-state index is 6.40. The van der Waals surface area contributed by atoms with E-state index >= 15 is 0 Å². The van der Waals surface area contributed by atoms with Crippen LogP contribution in [0.1, 0.15) is 0 Å². The van der Waals surface area contributed by atoms with Crippen LogP contribution in [0.2, 0.25) is 0 Å². The van der Waals surface area contributed by atoms with Gasteiger partial charge in [0.05, 0.1) is 22.1 Å². The van der Waals surface area contributed by atoms with E-state index in [4.69, 9.17) is 9.40 Å². The Bertz CT molecular complexity index is 3510. The van der Waals surface area contributed by atoms with Gasteiger partial charge in [0, 0.05) is 39.1 Å². The summed E-state index contributed by atoms with van der Waals surface area (Å²) in [6.07, 6.45) is 0. The maximum Gasteiger partial charge on any atom is 0.220 e. The molecule has 5 nitrogen and oxygen atoms in total. The normalized spacial score (nSPS) is 11.7. The van der Waals surface area contributed by atoms with Gasteiger partial charge in [-0.2, -0.15) is 0 Å². The Morgan fingerprint density at radius 3 is 1.58 bits per heavy atom. The van der Waals surface area contributed by atoms with Crippen molar-refractivity contribution in [3.05, 3.63) is 218 Å². The lowest BCUT2D eigenvalue weighted by atomic mass is 10.0. The number of furan rings is 1. The van der Waals surface area contributed by atoms with E-state index in [1.807, 2.05) is 18.2 Å². The van der Waals surface area contributed by atoms with E-state index in [2.05, 4.69) is 214 Å². The molecule has 12 rings (SSSR count). The Labute approximate surface area is 346 Å². The molecule has 0 radical (unpaired) electrons. The maximum atomic E-state index is 6.40. The highest BCUT2D eigenvalue weighted by Crippen LogP contribution is 2.40. The van der Waals surface area contributed by atoms with Gasteiger partial charge < -0.3 is 9.32 Å². The molecule has 0 atom stereocenters. The highest BCUT2D eigenvalue weighted by Gasteiger charge is 2.18. The second kappa shape index (κ2) is 13.8. The summed E-state index contributed by atoms with van der Waals surface area (Å²) in [6, 6.07) is 77.4. The smallest absolute Gasteiger partial charge is 0.220 e. The molecule has 0 aliphatic heterocycles. The molecule has 0 bridgehead atoms. The van der Waals surface area contributed by atoms with Crippen LogP contribution in [0.4, 0.5) is 17.1 Å². The molecular weight excluding hydrogens is 733 g/mol. The molecule has 282 valence electrons. The lowest BCUT2D eigenvalue weighted by Gasteiger charge is -2.26. The Balaban J connectivity index is 0.900. The monoisotopic (exact) mass is 768 g/mol. The van der Waals surface area contributed by atoms with Crippen LogP contribution in [0.5, 0.6) is 0 Å². The second-order valence-electron chi connectivity index (χ2n) is 15.2. The molecule has 3 aromatic heterocycles. The van der Waals surface area contributed by atoms with Crippen LogP contribution < -0.4 is 4.90 Å². The first-order valence-corrected chi connectivity index (χ1v) is 20.3. The topological polar surface area (TPSA) is 38.6 Å². The van der Waals surface area contributed by atoms with Gasteiger partial charge in [0.2, 0.25) is 5.78 Å². The lowest BCUT2D eigenvalue weighted by molar-refractivity contribution is 0.670. The Morgan fingerprint density at radius 1 is 0.383 bits per heavy atom. The van der Waals surface area contributed by atoms with E-state index < -0.39 is 0 Å². The van der Waals surface area contributed by atoms with Gasteiger partial charge in [-0.3, -0.25) is 8.97 Å². The summed E-state index contributed by atoms with van der Waals surface area (Å²) in [5.41, 5.74) is 17.3. The van der Waals surface area contributed by atoms with Crippen molar-refractivity contribution in [2.24, 2.45) is 0 Å². The Kier molecular flexibility index (Phi) is 7.78. The fourth-order valence-corrected chi connectivity index (χ4v) is 8.86. The SMILES string of the molecule is c1ccc(-c2ccc(N(c3ccc(-c4ccc(-n5c6ccccc6n6c7ccccc7nc56)cc4)cc3)c3ccc(-c4cccc5c4oc4ccccc45)cc3)cc2)cc1. The first kappa shape index (κ1) is 33.9. The Hall–Kier alpha value is -8.15. The third kappa shape index (κ3) is 5.52. The van der Waals surface area contributed by atoms with E-state index in [1.54, 1.807) is 0 Å². The summed E-state index contributed by atoms with van der Waals surface area (Å²) >= 11 is 0. The zero-order valence-electron chi connectivity index (χ0n) is 32.5. The standard InChI is InChI=1S/C55H36N4O/c1-2-11-37(12-3-1)38-21-29-42(30-22-38)57(44-35-27-41(28-36-44)46-14-10-15-48-47-13-4-9-20-53(47)60-54(46)48)43-31-23-39(24-32-43)40-25-33-45(34-26-40)58-51-18-7-8-19-52(51)59-50-17-6-5-16-49(50)56-55(58)59/h1-36H. The van der Waals surface area contributed by atoms with Crippen molar-refractivity contribution in [2.45, 2.75) is 0 Å². The molecule has 3 heterocycles. The molecule has 0 unspecified atom stereocenters. The van der Waals surface area contributed by atoms with Gasteiger partial charge in [-0.15, -0.1) is 0 Å². The second-order valence-corrected chi connectivity index (χ2v) is 15.2. The molecule has 60 heavy (non-hydrogen) atoms. The number of aromatic nitrogens is 3. The number of anilines is 3. The molecule has 0 saturated heterocycles. The van der Waals surface area contributed by atoms with E-state index in [-0.39, 0.29) is 0 Å². The number of benzene rings is 9. The number of hydrogen-bond donors (Lipinski definition) is 0. The van der Waals surface area contributed by atoms with E-state index in [0.29, 0.717) is 0 Å². The van der Waals surface area contributed by atoms with Crippen molar-refractivity contribution in [3.63, 3.8) is 0 Å². The molecule has 0 saturated carbocycles. The third-order valence-electron chi connectivity index (χ3n) is 11.8. The average Bonchev–Trinajstić information content (AvgIpc) is 3.99. The van der Waals surface area contributed by atoms with E-state index in [1.165, 1.54) is 11.1 Å². The number of para-hydroxylation sites is 6. The van der Waals surface area contributed by atoms with Gasteiger partial charge in [0.25, 0.3) is 0 Å². The molecule has 5 heteroatoms. The van der Waals surface area contributed by atoms with Gasteiger partial charge in [0.1, 0.15) is 11.2 Å². The highest BCUT2D eigenvalue weighted by molar-refractivity contribution is 6.09. The van der Waals surface area contributed by atoms with Gasteiger partial charge in [-0.05, 0) is 107 Å². The summed E-state index contributed by atoms with van der Waals surface area (Å²) in [4.78, 5) is 7.39. The van der Waals surface area contributed by atoms with Crippen molar-refractivity contribution < 1.29 is 4.42 Å². The fourth-order valence-electron chi connectivity index (χ4n) is 8.86. The molecule has 12 aromatic rings. The van der Waals surface area contributed by atoms with Crippen molar-refractivity contribution in [3.8, 4) is 39.1 Å². The minimum absolute atomic E-state index is 0.903. The van der Waals surface area contributed by atoms with Crippen molar-refractivity contribution in [1.29, 1.82) is 0 Å². The molecule has 0 amide bonds. The molecular formula is C55H36N4O. The van der Waals surface area contributed by atoms with Gasteiger partial charge in [-0.1, -0.05) is 140 Å². The quantitative estimate of drug-likeness (QED) is 0.162. The molecule has 0 spiro atoms. The highest BCUT2D eigenvalue weighted by atomic mass is 16.3. The van der Waals surface area contributed by atoms with Gasteiger partial charge in [0.15, 0.2) is 0 Å². The summed E-state index contributed by atoms with van der Waals surface area (Å²) < 4.78 is 10.9. The molecule has 0 fully saturated rings. The summed E-state index contributed by atoms with van der Waals surface area (Å²) in [5.74, 6) is 0.908. The van der Waals surface area contributed by atoms with Crippen LogP contribution in [-0.2, 0) is 0 Å². The Morgan fingerprint density at radius 2 is 0.900 bits per heavy atom. The van der Waals surface area contributed by atoms with Crippen molar-refractivity contribution in [1.82, 2.24) is 14.0 Å². The van der Waals surface area contributed by atoms with Crippen LogP contribution in [0.25, 0.3) is 88.9 Å². The van der Waals surface area contributed by atoms with Gasteiger partial charge >= 0.3 is 0 Å². The van der Waals surface area contributed by atoms with Crippen molar-refractivity contribution >= 4 is 66.8 Å². The third-order valence-corrected chi connectivity index (χ3v) is 11.8. The number of imidazole rings is 2. The minimum Gasteiger partial charge on any atom is -0.455 e. The predicted octanol–water partition coefficient (Wildman–Crippen LogP) is 14.8. The zero-order valence-corrected chi connectivity index (χ0v) is 32.5. The summed E-state index contributed by atoms with van der Waals surface area (Å²) in [7, 11) is 0. The predicted molar refractivity (Wildman–Crippen MR) is 248 cm³/mol. The number of rotatable bonds is 7. The van der Waals surface area contributed by atoms with Crippen LogP contribution in [0.3, 0.4) is 0 Å². The van der Waals surface area contributed by atoms with Crippen LogP contribution in [0, 0.1) is 0 Å². The summed E-state index contributed by atoms with van der Waals surface area (Å²) in [6.45, 7) is 0. The molecule has 0 aliphatic rings. The van der Waals surface area contributed by atoms with Crippen LogP contribution in [-0.4, -0.2) is 14.0 Å². The van der Waals surface area contributed by atoms with Crippen LogP contribution >= 0.6 is 0 Å². The first-order valence-electron chi connectivity index (χ1n) is 20.3. The molecule has 0 aliphatic carbocycles. The van der Waals surface area contributed by atoms with E-state index in [0.717, 1.165) is 94.8 Å². The van der Waals surface area contributed by atoms with Crippen molar-refractivity contribution in [2.75, 3.05) is 4.90 Å². The van der Waals surface area contributed by atoms with Crippen LogP contribution in [0.15, 0.2) is 223 Å². The molecule has 9 aromatic carbocycles. The number of fused-ring (bicyclic) bond motifs is 8. The average molecular weight is 769 g/mol. The minimum atomic E-state index is 0.903. The summed E-state index contributed by atoms with van der Waals surface area (Å²) in [5, 5.41) is 2.26. The lowest BCUT2D eigenvalue weighted by Crippen LogP contribution is -2.09. The molecule has 0 N–H and O–H groups in total. The van der Waals surface area contributed by atoms with E-state index in [9.17, 15) is 0 Å². The van der Waals surface area contributed by atoms with Gasteiger partial charge in [-0.25, -0.2) is 4.98 Å².